The van der Waals surface area contributed by atoms with E-state index in [4.69, 9.17) is 4.74 Å². The molecule has 4 nitrogen and oxygen atoms in total. The van der Waals surface area contributed by atoms with Gasteiger partial charge in [0, 0.05) is 0 Å². The monoisotopic (exact) mass is 410 g/mol. The minimum atomic E-state index is -0.396. The first-order chi connectivity index (χ1) is 14.3. The van der Waals surface area contributed by atoms with E-state index in [1.807, 2.05) is 6.08 Å². The summed E-state index contributed by atoms with van der Waals surface area (Å²) in [7, 11) is 0. The van der Waals surface area contributed by atoms with Gasteiger partial charge in [-0.25, -0.2) is 9.78 Å². The third kappa shape index (κ3) is 7.55. The molecule has 1 aromatic rings. The van der Waals surface area contributed by atoms with Crippen LogP contribution in [0.4, 0.5) is 0 Å². The molecule has 0 spiro atoms. The molecule has 0 amide bonds. The number of nitrogens with zero attached hydrogens (tertiary/aromatic N) is 2. The fraction of sp³-hybridized carbons (Fsp3) is 0.577. The molecule has 164 valence electrons. The highest BCUT2D eigenvalue weighted by molar-refractivity contribution is 5.86. The summed E-state index contributed by atoms with van der Waals surface area (Å²) in [5.41, 5.74) is 5.27. The molecule has 0 saturated heterocycles. The van der Waals surface area contributed by atoms with Gasteiger partial charge < -0.3 is 4.74 Å². The number of esters is 1. The van der Waals surface area contributed by atoms with E-state index in [0.717, 1.165) is 24.1 Å². The zero-order valence-electron chi connectivity index (χ0n) is 19.5. The second-order valence-corrected chi connectivity index (χ2v) is 9.03. The Kier molecular flexibility index (Phi) is 9.48. The molecule has 1 heterocycles. The molecule has 0 aliphatic heterocycles. The largest absolute Gasteiger partial charge is 0.461 e. The van der Waals surface area contributed by atoms with Crippen LogP contribution < -0.4 is 0 Å². The van der Waals surface area contributed by atoms with Crippen LogP contribution in [0.25, 0.3) is 6.08 Å². The first-order valence-corrected chi connectivity index (χ1v) is 11.4. The zero-order chi connectivity index (χ0) is 22.0. The van der Waals surface area contributed by atoms with E-state index in [1.165, 1.54) is 55.9 Å². The molecule has 30 heavy (non-hydrogen) atoms. The third-order valence-corrected chi connectivity index (χ3v) is 5.79. The number of unbranched alkanes of at least 4 members (excludes halogenated alkanes) is 4. The molecule has 0 radical (unpaired) electrons. The molecule has 1 aliphatic carbocycles. The average molecular weight is 411 g/mol. The standard InChI is InChI=1S/C26H38N2O2/c1-6-7-8-9-10-16-30-25(29)24-19-27-22(18-28-24)17-20(2)13-14-23-21(3)12-11-15-26(23,4)5/h13-14,17-19H,6-12,15-16H2,1-5H3. The molecule has 0 unspecified atom stereocenters. The van der Waals surface area contributed by atoms with Crippen molar-refractivity contribution >= 4 is 12.0 Å². The molecule has 0 saturated carbocycles. The van der Waals surface area contributed by atoms with Gasteiger partial charge in [-0.15, -0.1) is 0 Å². The third-order valence-electron chi connectivity index (χ3n) is 5.79. The van der Waals surface area contributed by atoms with E-state index in [1.54, 1.807) is 6.20 Å². The number of aromatic nitrogens is 2. The fourth-order valence-electron chi connectivity index (χ4n) is 3.97. The van der Waals surface area contributed by atoms with Crippen LogP contribution in [-0.4, -0.2) is 22.5 Å². The molecule has 2 rings (SSSR count). The Morgan fingerprint density at radius 2 is 1.93 bits per heavy atom. The topological polar surface area (TPSA) is 52.1 Å². The van der Waals surface area contributed by atoms with Crippen molar-refractivity contribution in [3.8, 4) is 0 Å². The molecule has 0 aromatic carbocycles. The Morgan fingerprint density at radius 1 is 1.17 bits per heavy atom. The number of rotatable bonds is 10. The van der Waals surface area contributed by atoms with E-state index < -0.39 is 5.97 Å². The highest BCUT2D eigenvalue weighted by Crippen LogP contribution is 2.40. The van der Waals surface area contributed by atoms with Gasteiger partial charge >= 0.3 is 5.97 Å². The summed E-state index contributed by atoms with van der Waals surface area (Å²) >= 11 is 0. The van der Waals surface area contributed by atoms with Crippen LogP contribution in [0.3, 0.4) is 0 Å². The summed E-state index contributed by atoms with van der Waals surface area (Å²) in [6.07, 6.45) is 18.8. The Balaban J connectivity index is 1.91. The first kappa shape index (κ1) is 24.0. The van der Waals surface area contributed by atoms with Gasteiger partial charge in [0.05, 0.1) is 24.7 Å². The van der Waals surface area contributed by atoms with Crippen molar-refractivity contribution < 1.29 is 9.53 Å². The highest BCUT2D eigenvalue weighted by atomic mass is 16.5. The van der Waals surface area contributed by atoms with Crippen LogP contribution in [0.1, 0.15) is 102 Å². The maximum absolute atomic E-state index is 12.1. The fourth-order valence-corrected chi connectivity index (χ4v) is 3.97. The van der Waals surface area contributed by atoms with E-state index in [9.17, 15) is 4.79 Å². The van der Waals surface area contributed by atoms with Gasteiger partial charge in [-0.1, -0.05) is 64.2 Å². The number of carbonyl (C=O) groups excluding carboxylic acids is 1. The predicted molar refractivity (Wildman–Crippen MR) is 124 cm³/mol. The molecule has 1 aliphatic rings. The van der Waals surface area contributed by atoms with Gasteiger partial charge in [-0.05, 0) is 62.2 Å². The molecule has 0 atom stereocenters. The summed E-state index contributed by atoms with van der Waals surface area (Å²) in [6.45, 7) is 11.6. The van der Waals surface area contributed by atoms with Crippen LogP contribution >= 0.6 is 0 Å². The molecule has 0 fully saturated rings. The molecular weight excluding hydrogens is 372 g/mol. The van der Waals surface area contributed by atoms with Crippen LogP contribution in [-0.2, 0) is 4.74 Å². The number of ether oxygens (including phenoxy) is 1. The maximum atomic E-state index is 12.1. The van der Waals surface area contributed by atoms with Gasteiger partial charge in [0.2, 0.25) is 0 Å². The summed E-state index contributed by atoms with van der Waals surface area (Å²) in [5.74, 6) is -0.396. The second kappa shape index (κ2) is 11.8. The average Bonchev–Trinajstić information content (AvgIpc) is 2.70. The molecule has 0 bridgehead atoms. The molecule has 4 heteroatoms. The number of allylic oxidation sites excluding steroid dienone is 5. The van der Waals surface area contributed by atoms with Crippen molar-refractivity contribution in [2.45, 2.75) is 86.0 Å². The quantitative estimate of drug-likeness (QED) is 0.235. The lowest BCUT2D eigenvalue weighted by atomic mass is 9.72. The van der Waals surface area contributed by atoms with Crippen molar-refractivity contribution in [1.29, 1.82) is 0 Å². The van der Waals surface area contributed by atoms with E-state index in [2.05, 4.69) is 56.7 Å². The Morgan fingerprint density at radius 3 is 2.60 bits per heavy atom. The lowest BCUT2D eigenvalue weighted by Crippen LogP contribution is -2.19. The van der Waals surface area contributed by atoms with E-state index >= 15 is 0 Å². The highest BCUT2D eigenvalue weighted by Gasteiger charge is 2.26. The number of hydrogen-bond acceptors (Lipinski definition) is 4. The summed E-state index contributed by atoms with van der Waals surface area (Å²) in [4.78, 5) is 20.7. The number of hydrogen-bond donors (Lipinski definition) is 0. The Bertz CT molecular complexity index is 786. The van der Waals surface area contributed by atoms with Crippen molar-refractivity contribution in [2.24, 2.45) is 5.41 Å². The van der Waals surface area contributed by atoms with Crippen molar-refractivity contribution in [3.63, 3.8) is 0 Å². The van der Waals surface area contributed by atoms with Crippen LogP contribution in [0, 0.1) is 5.41 Å². The minimum absolute atomic E-state index is 0.233. The number of carbonyl (C=O) groups is 1. The Hall–Kier alpha value is -2.23. The molecular formula is C26H38N2O2. The first-order valence-electron chi connectivity index (χ1n) is 11.4. The van der Waals surface area contributed by atoms with Gasteiger partial charge in [0.25, 0.3) is 0 Å². The molecule has 0 N–H and O–H groups in total. The smallest absolute Gasteiger partial charge is 0.358 e. The van der Waals surface area contributed by atoms with Crippen LogP contribution in [0.2, 0.25) is 0 Å². The second-order valence-electron chi connectivity index (χ2n) is 9.03. The van der Waals surface area contributed by atoms with E-state index in [-0.39, 0.29) is 11.1 Å². The van der Waals surface area contributed by atoms with Crippen molar-refractivity contribution in [3.05, 3.63) is 52.7 Å². The summed E-state index contributed by atoms with van der Waals surface area (Å²) < 4.78 is 5.29. The van der Waals surface area contributed by atoms with E-state index in [0.29, 0.717) is 6.61 Å². The summed E-state index contributed by atoms with van der Waals surface area (Å²) in [5, 5.41) is 0. The minimum Gasteiger partial charge on any atom is -0.461 e. The normalized spacial score (nSPS) is 16.9. The van der Waals surface area contributed by atoms with Gasteiger partial charge in [-0.3, -0.25) is 4.98 Å². The van der Waals surface area contributed by atoms with Crippen molar-refractivity contribution in [2.75, 3.05) is 6.61 Å². The Labute approximate surface area is 182 Å². The maximum Gasteiger partial charge on any atom is 0.358 e. The summed E-state index contributed by atoms with van der Waals surface area (Å²) in [6, 6.07) is 0. The van der Waals surface area contributed by atoms with Crippen molar-refractivity contribution in [1.82, 2.24) is 9.97 Å². The lowest BCUT2D eigenvalue weighted by Gasteiger charge is -2.32. The SMILES string of the molecule is CCCCCCCOC(=O)c1cnc(C=C(C)C=CC2=C(C)CCCC2(C)C)cn1. The molecule has 1 aromatic heterocycles. The van der Waals surface area contributed by atoms with Gasteiger partial charge in [0.1, 0.15) is 0 Å². The van der Waals surface area contributed by atoms with Gasteiger partial charge in [-0.2, -0.15) is 0 Å². The zero-order valence-corrected chi connectivity index (χ0v) is 19.5. The predicted octanol–water partition coefficient (Wildman–Crippen LogP) is 7.09. The van der Waals surface area contributed by atoms with Crippen LogP contribution in [0.5, 0.6) is 0 Å². The van der Waals surface area contributed by atoms with Crippen LogP contribution in [0.15, 0.2) is 41.3 Å². The lowest BCUT2D eigenvalue weighted by molar-refractivity contribution is 0.0490. The van der Waals surface area contributed by atoms with Gasteiger partial charge in [0.15, 0.2) is 5.69 Å².